The van der Waals surface area contributed by atoms with Gasteiger partial charge in [0.05, 0.1) is 11.3 Å². The Hall–Kier alpha value is -2.20. The molecule has 1 fully saturated rings. The number of hydrogen-bond donors (Lipinski definition) is 2. The summed E-state index contributed by atoms with van der Waals surface area (Å²) >= 11 is 0. The van der Waals surface area contributed by atoms with Gasteiger partial charge in [0.2, 0.25) is 10.0 Å². The van der Waals surface area contributed by atoms with Crippen molar-refractivity contribution in [2.45, 2.75) is 32.7 Å². The molecule has 10 heteroatoms. The number of piperidine rings is 1. The van der Waals surface area contributed by atoms with Gasteiger partial charge >= 0.3 is 5.69 Å². The molecule has 0 aromatic carbocycles. The minimum absolute atomic E-state index is 0.0493. The molecule has 1 unspecified atom stereocenters. The summed E-state index contributed by atoms with van der Waals surface area (Å²) in [4.78, 5) is 35.2. The van der Waals surface area contributed by atoms with Crippen LogP contribution in [-0.2, 0) is 10.0 Å². The van der Waals surface area contributed by atoms with E-state index in [1.54, 1.807) is 31.0 Å². The van der Waals surface area contributed by atoms with Crippen LogP contribution in [0.15, 0.2) is 16.9 Å². The highest BCUT2D eigenvalue weighted by Crippen LogP contribution is 2.26. The molecule has 1 amide bonds. The third-order valence-corrected chi connectivity index (χ3v) is 7.35. The van der Waals surface area contributed by atoms with Gasteiger partial charge in [-0.25, -0.2) is 22.5 Å². The largest absolute Gasteiger partial charge is 0.337 e. The summed E-state index contributed by atoms with van der Waals surface area (Å²) in [5.41, 5.74) is 0.803. The number of hydrogen-bond acceptors (Lipinski definition) is 5. The molecule has 1 aliphatic heterocycles. The number of amides is 1. The lowest BCUT2D eigenvalue weighted by Crippen LogP contribution is -2.46. The number of H-pyrrole nitrogens is 2. The third-order valence-electron chi connectivity index (χ3n) is 5.46. The molecule has 148 valence electrons. The highest BCUT2D eigenvalue weighted by molar-refractivity contribution is 7.89. The lowest BCUT2D eigenvalue weighted by Gasteiger charge is -2.37. The molecular weight excluding hydrogens is 370 g/mol. The molecular formula is C17H25N5O4S. The second-order valence-electron chi connectivity index (χ2n) is 6.97. The predicted octanol–water partition coefficient (Wildman–Crippen LogP) is 0.773. The standard InChI is InChI=1S/C17H25N5O4S/c1-4-27(25,26)22-9-7-12(8-10-22)11(2)21(3)16(23)14-6-5-13-15(18-14)20-17(24)19-13/h5-6,11-12H,4,7-10H2,1-3H3,(H2,18,19,20,24). The molecule has 1 atom stereocenters. The summed E-state index contributed by atoms with van der Waals surface area (Å²) in [6.45, 7) is 4.60. The van der Waals surface area contributed by atoms with Crippen molar-refractivity contribution in [3.8, 4) is 0 Å². The van der Waals surface area contributed by atoms with Crippen molar-refractivity contribution in [2.75, 3.05) is 25.9 Å². The van der Waals surface area contributed by atoms with Crippen LogP contribution in [-0.4, -0.2) is 70.4 Å². The summed E-state index contributed by atoms with van der Waals surface area (Å²) < 4.78 is 25.5. The highest BCUT2D eigenvalue weighted by Gasteiger charge is 2.32. The minimum atomic E-state index is -3.16. The van der Waals surface area contributed by atoms with Crippen LogP contribution in [0.3, 0.4) is 0 Å². The third kappa shape index (κ3) is 3.91. The normalized spacial score (nSPS) is 17.9. The maximum Gasteiger partial charge on any atom is 0.325 e. The molecule has 1 saturated heterocycles. The van der Waals surface area contributed by atoms with Crippen LogP contribution in [0.4, 0.5) is 0 Å². The molecule has 3 heterocycles. The molecule has 0 spiro atoms. The Morgan fingerprint density at radius 3 is 2.63 bits per heavy atom. The summed E-state index contributed by atoms with van der Waals surface area (Å²) in [5.74, 6) is 0.106. The zero-order valence-corrected chi connectivity index (χ0v) is 16.5. The van der Waals surface area contributed by atoms with E-state index in [9.17, 15) is 18.0 Å². The number of carbonyl (C=O) groups is 1. The maximum atomic E-state index is 12.8. The number of pyridine rings is 1. The van der Waals surface area contributed by atoms with E-state index in [1.165, 1.54) is 4.31 Å². The van der Waals surface area contributed by atoms with Crippen LogP contribution in [0.1, 0.15) is 37.2 Å². The van der Waals surface area contributed by atoms with E-state index in [4.69, 9.17) is 0 Å². The first-order valence-corrected chi connectivity index (χ1v) is 10.7. The van der Waals surface area contributed by atoms with E-state index in [2.05, 4.69) is 15.0 Å². The molecule has 0 radical (unpaired) electrons. The van der Waals surface area contributed by atoms with Crippen molar-refractivity contribution < 1.29 is 13.2 Å². The Balaban J connectivity index is 1.68. The number of carbonyl (C=O) groups excluding carboxylic acids is 1. The zero-order valence-electron chi connectivity index (χ0n) is 15.7. The second-order valence-corrected chi connectivity index (χ2v) is 9.22. The average molecular weight is 395 g/mol. The summed E-state index contributed by atoms with van der Waals surface area (Å²) in [6.07, 6.45) is 1.44. The summed E-state index contributed by atoms with van der Waals surface area (Å²) in [5, 5.41) is 0. The van der Waals surface area contributed by atoms with E-state index < -0.39 is 10.0 Å². The van der Waals surface area contributed by atoms with Crippen LogP contribution in [0.25, 0.3) is 11.2 Å². The van der Waals surface area contributed by atoms with Gasteiger partial charge < -0.3 is 9.88 Å². The van der Waals surface area contributed by atoms with E-state index in [1.807, 2.05) is 6.92 Å². The van der Waals surface area contributed by atoms with Crippen molar-refractivity contribution in [1.29, 1.82) is 0 Å². The van der Waals surface area contributed by atoms with Gasteiger partial charge in [-0.05, 0) is 44.7 Å². The van der Waals surface area contributed by atoms with Gasteiger partial charge in [0.1, 0.15) is 5.69 Å². The van der Waals surface area contributed by atoms with E-state index in [-0.39, 0.29) is 35.0 Å². The van der Waals surface area contributed by atoms with Gasteiger partial charge in [-0.2, -0.15) is 0 Å². The van der Waals surface area contributed by atoms with Gasteiger partial charge in [0.25, 0.3) is 5.91 Å². The molecule has 0 aliphatic carbocycles. The number of nitrogens with zero attached hydrogens (tertiary/aromatic N) is 3. The van der Waals surface area contributed by atoms with Crippen LogP contribution in [0.5, 0.6) is 0 Å². The van der Waals surface area contributed by atoms with Gasteiger partial charge in [0.15, 0.2) is 5.65 Å². The average Bonchev–Trinajstić information content (AvgIpc) is 3.05. The fourth-order valence-electron chi connectivity index (χ4n) is 3.54. The highest BCUT2D eigenvalue weighted by atomic mass is 32.2. The monoisotopic (exact) mass is 395 g/mol. The minimum Gasteiger partial charge on any atom is -0.337 e. The number of nitrogens with one attached hydrogen (secondary N) is 2. The quantitative estimate of drug-likeness (QED) is 0.775. The Labute approximate surface area is 157 Å². The SMILES string of the molecule is CCS(=O)(=O)N1CCC(C(C)N(C)C(=O)c2ccc3[nH]c(=O)[nH]c3n2)CC1. The first kappa shape index (κ1) is 19.6. The lowest BCUT2D eigenvalue weighted by molar-refractivity contribution is 0.0648. The summed E-state index contributed by atoms with van der Waals surface area (Å²) in [7, 11) is -1.43. The lowest BCUT2D eigenvalue weighted by atomic mass is 9.90. The molecule has 2 aromatic heterocycles. The Morgan fingerprint density at radius 2 is 2.00 bits per heavy atom. The number of aromatic amines is 2. The van der Waals surface area contributed by atoms with Crippen molar-refractivity contribution >= 4 is 27.1 Å². The molecule has 27 heavy (non-hydrogen) atoms. The van der Waals surface area contributed by atoms with E-state index in [0.717, 1.165) is 12.8 Å². The van der Waals surface area contributed by atoms with Crippen molar-refractivity contribution in [2.24, 2.45) is 5.92 Å². The van der Waals surface area contributed by atoms with Gasteiger partial charge in [0, 0.05) is 26.2 Å². The first-order valence-electron chi connectivity index (χ1n) is 9.07. The van der Waals surface area contributed by atoms with Crippen LogP contribution >= 0.6 is 0 Å². The summed E-state index contributed by atoms with van der Waals surface area (Å²) in [6, 6.07) is 3.19. The number of fused-ring (bicyclic) bond motifs is 1. The van der Waals surface area contributed by atoms with Crippen LogP contribution in [0.2, 0.25) is 0 Å². The van der Waals surface area contributed by atoms with E-state index >= 15 is 0 Å². The van der Waals surface area contributed by atoms with Gasteiger partial charge in [-0.3, -0.25) is 9.78 Å². The van der Waals surface area contributed by atoms with Gasteiger partial charge in [-0.1, -0.05) is 0 Å². The zero-order chi connectivity index (χ0) is 19.8. The van der Waals surface area contributed by atoms with Crippen molar-refractivity contribution in [3.05, 3.63) is 28.3 Å². The Morgan fingerprint density at radius 1 is 1.33 bits per heavy atom. The molecule has 2 aromatic rings. The fourth-order valence-corrected chi connectivity index (χ4v) is 4.67. The first-order chi connectivity index (χ1) is 12.7. The second kappa shape index (κ2) is 7.43. The Bertz CT molecular complexity index is 988. The Kier molecular flexibility index (Phi) is 5.38. The van der Waals surface area contributed by atoms with Crippen molar-refractivity contribution in [1.82, 2.24) is 24.2 Å². The molecule has 1 aliphatic rings. The molecule has 3 rings (SSSR count). The topological polar surface area (TPSA) is 119 Å². The number of sulfonamides is 1. The van der Waals surface area contributed by atoms with Crippen LogP contribution in [0, 0.1) is 5.92 Å². The van der Waals surface area contributed by atoms with Crippen molar-refractivity contribution in [3.63, 3.8) is 0 Å². The molecule has 9 nitrogen and oxygen atoms in total. The van der Waals surface area contributed by atoms with E-state index in [0.29, 0.717) is 24.3 Å². The molecule has 0 saturated carbocycles. The van der Waals surface area contributed by atoms with Gasteiger partial charge in [-0.15, -0.1) is 0 Å². The number of imidazole rings is 1. The molecule has 0 bridgehead atoms. The number of aromatic nitrogens is 3. The fraction of sp³-hybridized carbons (Fsp3) is 0.588. The van der Waals surface area contributed by atoms with Crippen LogP contribution < -0.4 is 5.69 Å². The maximum absolute atomic E-state index is 12.8. The number of rotatable bonds is 5. The molecule has 2 N–H and O–H groups in total. The smallest absolute Gasteiger partial charge is 0.325 e. The predicted molar refractivity (Wildman–Crippen MR) is 102 cm³/mol.